The minimum Gasteiger partial charge on any atom is -0.409 e. The molecule has 1 amide bonds. The van der Waals surface area contributed by atoms with Gasteiger partial charge >= 0.3 is 0 Å². The molecular weight excluding hydrogens is 288 g/mol. The molecule has 0 aromatic carbocycles. The first-order valence-electron chi connectivity index (χ1n) is 7.20. The molecule has 0 aliphatic carbocycles. The number of thiazole rings is 1. The number of nitrogens with zero attached hydrogens (tertiary/aromatic N) is 2. The number of carbonyl (C=O) groups is 1. The monoisotopic (exact) mass is 312 g/mol. The van der Waals surface area contributed by atoms with E-state index in [2.05, 4.69) is 15.5 Å². The Bertz CT molecular complexity index is 467. The maximum Gasteiger partial charge on any atom is 0.234 e. The van der Waals surface area contributed by atoms with E-state index in [9.17, 15) is 4.79 Å². The predicted octanol–water partition coefficient (Wildman–Crippen LogP) is 2.65. The first-order valence-corrected chi connectivity index (χ1v) is 8.08. The molecule has 1 rings (SSSR count). The topological polar surface area (TPSA) is 101 Å². The average Bonchev–Trinajstić information content (AvgIpc) is 3.00. The summed E-state index contributed by atoms with van der Waals surface area (Å²) in [6, 6.07) is -0.197. The number of nitrogens with one attached hydrogen (secondary N) is 1. The highest BCUT2D eigenvalue weighted by molar-refractivity contribution is 7.09. The molecule has 1 aromatic heterocycles. The van der Waals surface area contributed by atoms with Crippen molar-refractivity contribution in [2.45, 2.75) is 52.5 Å². The fourth-order valence-corrected chi connectivity index (χ4v) is 3.16. The summed E-state index contributed by atoms with van der Waals surface area (Å²) in [5.41, 5.74) is 4.89. The van der Waals surface area contributed by atoms with Gasteiger partial charge in [-0.3, -0.25) is 4.79 Å². The van der Waals surface area contributed by atoms with E-state index in [1.165, 1.54) is 11.3 Å². The van der Waals surface area contributed by atoms with Crippen molar-refractivity contribution in [3.63, 3.8) is 0 Å². The number of amides is 1. The third-order valence-electron chi connectivity index (χ3n) is 3.56. The first-order chi connectivity index (χ1) is 10.0. The lowest BCUT2D eigenvalue weighted by Gasteiger charge is -2.31. The number of hydrogen-bond donors (Lipinski definition) is 3. The number of hydrogen-bond acceptors (Lipinski definition) is 5. The van der Waals surface area contributed by atoms with Crippen LogP contribution in [0.1, 0.15) is 57.5 Å². The summed E-state index contributed by atoms with van der Waals surface area (Å²) < 4.78 is 0. The Morgan fingerprint density at radius 3 is 2.57 bits per heavy atom. The molecule has 1 unspecified atom stereocenters. The zero-order valence-corrected chi connectivity index (χ0v) is 13.6. The Morgan fingerprint density at radius 1 is 1.52 bits per heavy atom. The normalized spacial score (nSPS) is 14.0. The highest BCUT2D eigenvalue weighted by Crippen LogP contribution is 2.32. The SMILES string of the molecule is CCCC(CCC)(C(=O)NC(C)c1nccs1)C(N)=NO. The molecule has 1 atom stereocenters. The van der Waals surface area contributed by atoms with E-state index in [-0.39, 0.29) is 17.8 Å². The lowest BCUT2D eigenvalue weighted by molar-refractivity contribution is -0.129. The Labute approximate surface area is 129 Å². The largest absolute Gasteiger partial charge is 0.409 e. The average molecular weight is 312 g/mol. The van der Waals surface area contributed by atoms with Crippen LogP contribution in [0.3, 0.4) is 0 Å². The second kappa shape index (κ2) is 7.97. The van der Waals surface area contributed by atoms with Gasteiger partial charge in [-0.05, 0) is 19.8 Å². The van der Waals surface area contributed by atoms with Gasteiger partial charge in [-0.2, -0.15) is 0 Å². The third-order valence-corrected chi connectivity index (χ3v) is 4.51. The summed E-state index contributed by atoms with van der Waals surface area (Å²) in [6.45, 7) is 5.84. The van der Waals surface area contributed by atoms with Crippen molar-refractivity contribution in [2.75, 3.05) is 0 Å². The van der Waals surface area contributed by atoms with Gasteiger partial charge in [0.2, 0.25) is 5.91 Å². The second-order valence-corrected chi connectivity index (χ2v) is 6.06. The van der Waals surface area contributed by atoms with E-state index in [1.54, 1.807) is 6.20 Å². The fourth-order valence-electron chi connectivity index (χ4n) is 2.52. The van der Waals surface area contributed by atoms with Crippen molar-refractivity contribution in [2.24, 2.45) is 16.3 Å². The van der Waals surface area contributed by atoms with Crippen molar-refractivity contribution in [3.8, 4) is 0 Å². The van der Waals surface area contributed by atoms with Gasteiger partial charge in [-0.25, -0.2) is 4.98 Å². The van der Waals surface area contributed by atoms with Crippen LogP contribution in [0.15, 0.2) is 16.7 Å². The molecule has 21 heavy (non-hydrogen) atoms. The smallest absolute Gasteiger partial charge is 0.234 e. The van der Waals surface area contributed by atoms with E-state index in [0.29, 0.717) is 12.8 Å². The number of amidine groups is 1. The van der Waals surface area contributed by atoms with Gasteiger partial charge < -0.3 is 16.3 Å². The van der Waals surface area contributed by atoms with Gasteiger partial charge in [0.05, 0.1) is 6.04 Å². The van der Waals surface area contributed by atoms with Crippen molar-refractivity contribution in [3.05, 3.63) is 16.6 Å². The van der Waals surface area contributed by atoms with Crippen molar-refractivity contribution in [1.29, 1.82) is 0 Å². The molecule has 0 fully saturated rings. The van der Waals surface area contributed by atoms with Crippen LogP contribution in [-0.4, -0.2) is 21.9 Å². The number of aromatic nitrogens is 1. The Balaban J connectivity index is 2.98. The molecule has 0 saturated heterocycles. The lowest BCUT2D eigenvalue weighted by Crippen LogP contribution is -2.50. The molecule has 1 aromatic rings. The van der Waals surface area contributed by atoms with Gasteiger partial charge in [0.1, 0.15) is 10.4 Å². The van der Waals surface area contributed by atoms with E-state index in [4.69, 9.17) is 10.9 Å². The van der Waals surface area contributed by atoms with Gasteiger partial charge in [-0.1, -0.05) is 31.8 Å². The summed E-state index contributed by atoms with van der Waals surface area (Å²) in [5.74, 6) is -0.223. The maximum atomic E-state index is 12.7. The number of carbonyl (C=O) groups excluding carboxylic acids is 1. The molecule has 0 aliphatic rings. The summed E-state index contributed by atoms with van der Waals surface area (Å²) in [6.07, 6.45) is 4.35. The highest BCUT2D eigenvalue weighted by atomic mass is 32.1. The van der Waals surface area contributed by atoms with E-state index in [0.717, 1.165) is 17.8 Å². The summed E-state index contributed by atoms with van der Waals surface area (Å²) >= 11 is 1.49. The minimum absolute atomic E-state index is 0.0185. The quantitative estimate of drug-likeness (QED) is 0.297. The fraction of sp³-hybridized carbons (Fsp3) is 0.643. The van der Waals surface area contributed by atoms with Crippen LogP contribution in [0.25, 0.3) is 0 Å². The van der Waals surface area contributed by atoms with Crippen LogP contribution in [-0.2, 0) is 4.79 Å². The Kier molecular flexibility index (Phi) is 6.61. The van der Waals surface area contributed by atoms with Gasteiger partial charge in [0.15, 0.2) is 5.84 Å². The third kappa shape index (κ3) is 3.93. The van der Waals surface area contributed by atoms with E-state index in [1.807, 2.05) is 26.2 Å². The summed E-state index contributed by atoms with van der Waals surface area (Å²) in [4.78, 5) is 16.9. The molecule has 6 nitrogen and oxygen atoms in total. The molecule has 0 bridgehead atoms. The van der Waals surface area contributed by atoms with Crippen LogP contribution in [0, 0.1) is 5.41 Å². The molecule has 7 heteroatoms. The van der Waals surface area contributed by atoms with Crippen LogP contribution in [0.4, 0.5) is 0 Å². The Morgan fingerprint density at radius 2 is 2.14 bits per heavy atom. The van der Waals surface area contributed by atoms with Crippen molar-refractivity contribution in [1.82, 2.24) is 10.3 Å². The number of rotatable bonds is 8. The zero-order valence-electron chi connectivity index (χ0n) is 12.8. The summed E-state index contributed by atoms with van der Waals surface area (Å²) in [7, 11) is 0. The van der Waals surface area contributed by atoms with Crippen molar-refractivity contribution < 1.29 is 10.0 Å². The standard InChI is InChI=1S/C14H24N4O2S/c1-4-6-14(7-5-2,12(15)18-20)13(19)17-10(3)11-16-8-9-21-11/h8-10,20H,4-7H2,1-3H3,(H2,15,18)(H,17,19). The molecule has 0 aliphatic heterocycles. The van der Waals surface area contributed by atoms with E-state index < -0.39 is 5.41 Å². The van der Waals surface area contributed by atoms with Gasteiger partial charge in [0.25, 0.3) is 0 Å². The number of oxime groups is 1. The highest BCUT2D eigenvalue weighted by Gasteiger charge is 2.42. The molecular formula is C14H24N4O2S. The molecule has 0 spiro atoms. The molecule has 118 valence electrons. The minimum atomic E-state index is -0.955. The number of nitrogens with two attached hydrogens (primary N) is 1. The summed E-state index contributed by atoms with van der Waals surface area (Å²) in [5, 5.41) is 17.8. The molecule has 0 radical (unpaired) electrons. The van der Waals surface area contributed by atoms with Crippen LogP contribution < -0.4 is 11.1 Å². The zero-order chi connectivity index (χ0) is 15.9. The molecule has 0 saturated carbocycles. The van der Waals surface area contributed by atoms with Crippen LogP contribution >= 0.6 is 11.3 Å². The van der Waals surface area contributed by atoms with E-state index >= 15 is 0 Å². The maximum absolute atomic E-state index is 12.7. The van der Waals surface area contributed by atoms with Crippen LogP contribution in [0.5, 0.6) is 0 Å². The van der Waals surface area contributed by atoms with Gasteiger partial charge in [0, 0.05) is 11.6 Å². The molecule has 1 heterocycles. The second-order valence-electron chi connectivity index (χ2n) is 5.13. The van der Waals surface area contributed by atoms with Gasteiger partial charge in [-0.15, -0.1) is 11.3 Å². The Hall–Kier alpha value is -1.63. The van der Waals surface area contributed by atoms with Crippen molar-refractivity contribution >= 4 is 23.1 Å². The first kappa shape index (κ1) is 17.4. The molecule has 4 N–H and O–H groups in total. The lowest BCUT2D eigenvalue weighted by atomic mass is 9.77. The van der Waals surface area contributed by atoms with Crippen LogP contribution in [0.2, 0.25) is 0 Å². The predicted molar refractivity (Wildman–Crippen MR) is 84.3 cm³/mol.